The molecule has 0 bridgehead atoms. The predicted octanol–water partition coefficient (Wildman–Crippen LogP) is 2.28. The van der Waals surface area contributed by atoms with Crippen molar-refractivity contribution >= 4 is 57.6 Å². The topological polar surface area (TPSA) is 164 Å². The maximum absolute atomic E-state index is 12.4. The minimum atomic E-state index is -0.557. The molecule has 0 saturated carbocycles. The number of ether oxygens (including phenoxy) is 2. The van der Waals surface area contributed by atoms with Crippen LogP contribution >= 0.6 is 11.6 Å². The summed E-state index contributed by atoms with van der Waals surface area (Å²) < 4.78 is 10.8. The quantitative estimate of drug-likeness (QED) is 0.187. The zero-order valence-corrected chi connectivity index (χ0v) is 20.2. The summed E-state index contributed by atoms with van der Waals surface area (Å²) in [6, 6.07) is 5.05. The van der Waals surface area contributed by atoms with Crippen molar-refractivity contribution in [2.45, 2.75) is 19.3 Å². The van der Waals surface area contributed by atoms with Gasteiger partial charge in [-0.3, -0.25) is 14.8 Å². The lowest BCUT2D eigenvalue weighted by Gasteiger charge is -2.28. The summed E-state index contributed by atoms with van der Waals surface area (Å²) in [5, 5.41) is 15.3. The van der Waals surface area contributed by atoms with Crippen LogP contribution in [-0.2, 0) is 14.3 Å². The minimum absolute atomic E-state index is 0.0206. The van der Waals surface area contributed by atoms with Gasteiger partial charge in [-0.05, 0) is 12.5 Å². The highest BCUT2D eigenvalue weighted by Gasteiger charge is 2.17. The first-order valence-corrected chi connectivity index (χ1v) is 11.5. The van der Waals surface area contributed by atoms with Crippen LogP contribution in [-0.4, -0.2) is 70.4 Å². The molecule has 4 N–H and O–H groups in total. The Labute approximate surface area is 211 Å². The number of nitrogens with zero attached hydrogens (tertiary/aromatic N) is 5. The van der Waals surface area contributed by atoms with Gasteiger partial charge in [-0.2, -0.15) is 4.98 Å². The number of fused-ring (bicyclic) bond motifs is 1. The number of nitrogens with one attached hydrogen (secondary N) is 3. The standard InChI is InChI=1S/C22H25ClN8O5/c1-35-16-10-14-13(9-15(16)26-19(32)3-2-4-20(33)30-34)21(25-12-24-14)29-22-27-17(23)11-18(28-22)31-5-7-36-8-6-31/h9-12,34H,2-8H2,1H3,(H,26,32)(H,30,33)(H,24,25,27,28,29). The Balaban J connectivity index is 1.58. The molecule has 190 valence electrons. The molecule has 1 aliphatic heterocycles. The molecular formula is C22H25ClN8O5. The summed E-state index contributed by atoms with van der Waals surface area (Å²) >= 11 is 6.26. The van der Waals surface area contributed by atoms with Crippen molar-refractivity contribution < 1.29 is 24.3 Å². The number of hydroxylamine groups is 1. The van der Waals surface area contributed by atoms with Crippen LogP contribution in [0.5, 0.6) is 5.75 Å². The first-order chi connectivity index (χ1) is 17.5. The van der Waals surface area contributed by atoms with E-state index in [0.29, 0.717) is 60.3 Å². The number of hydrogen-bond donors (Lipinski definition) is 4. The number of anilines is 4. The molecule has 3 aromatic rings. The number of halogens is 1. The van der Waals surface area contributed by atoms with Crippen LogP contribution in [0.2, 0.25) is 5.15 Å². The van der Waals surface area contributed by atoms with E-state index in [2.05, 4.69) is 35.5 Å². The van der Waals surface area contributed by atoms with Gasteiger partial charge in [0.05, 0.1) is 31.5 Å². The highest BCUT2D eigenvalue weighted by molar-refractivity contribution is 6.29. The van der Waals surface area contributed by atoms with E-state index in [1.54, 1.807) is 23.7 Å². The van der Waals surface area contributed by atoms with Gasteiger partial charge < -0.3 is 25.0 Å². The molecule has 0 aliphatic carbocycles. The lowest BCUT2D eigenvalue weighted by atomic mass is 10.1. The molecule has 14 heteroatoms. The third-order valence-electron chi connectivity index (χ3n) is 5.41. The molecule has 1 aromatic carbocycles. The Morgan fingerprint density at radius 2 is 1.92 bits per heavy atom. The van der Waals surface area contributed by atoms with Crippen molar-refractivity contribution in [2.75, 3.05) is 48.9 Å². The van der Waals surface area contributed by atoms with E-state index in [1.807, 2.05) is 0 Å². The first-order valence-electron chi connectivity index (χ1n) is 11.2. The maximum atomic E-state index is 12.4. The summed E-state index contributed by atoms with van der Waals surface area (Å²) in [5.74, 6) is 0.864. The fourth-order valence-electron chi connectivity index (χ4n) is 3.65. The van der Waals surface area contributed by atoms with E-state index in [-0.39, 0.29) is 36.3 Å². The lowest BCUT2D eigenvalue weighted by molar-refractivity contribution is -0.129. The second-order valence-corrected chi connectivity index (χ2v) is 8.21. The summed E-state index contributed by atoms with van der Waals surface area (Å²) in [4.78, 5) is 43.1. The lowest BCUT2D eigenvalue weighted by Crippen LogP contribution is -2.36. The van der Waals surface area contributed by atoms with Crippen LogP contribution in [0.3, 0.4) is 0 Å². The number of rotatable bonds is 9. The van der Waals surface area contributed by atoms with Gasteiger partial charge in [0.15, 0.2) is 0 Å². The maximum Gasteiger partial charge on any atom is 0.243 e. The second kappa shape index (κ2) is 11.7. The van der Waals surface area contributed by atoms with Crippen molar-refractivity contribution in [3.8, 4) is 5.75 Å². The summed E-state index contributed by atoms with van der Waals surface area (Å²) in [6.45, 7) is 2.59. The second-order valence-electron chi connectivity index (χ2n) is 7.83. The third-order valence-corrected chi connectivity index (χ3v) is 5.60. The van der Waals surface area contributed by atoms with E-state index in [9.17, 15) is 9.59 Å². The Bertz CT molecular complexity index is 1250. The SMILES string of the molecule is COc1cc2ncnc(Nc3nc(Cl)cc(N4CCOCC4)n3)c2cc1NC(=O)CCCC(=O)NO. The average molecular weight is 517 g/mol. The predicted molar refractivity (Wildman–Crippen MR) is 132 cm³/mol. The van der Waals surface area contributed by atoms with E-state index < -0.39 is 5.91 Å². The van der Waals surface area contributed by atoms with Crippen LogP contribution < -0.4 is 25.8 Å². The monoisotopic (exact) mass is 516 g/mol. The smallest absolute Gasteiger partial charge is 0.243 e. The van der Waals surface area contributed by atoms with Crippen molar-refractivity contribution in [2.24, 2.45) is 0 Å². The number of carbonyl (C=O) groups excluding carboxylic acids is 2. The van der Waals surface area contributed by atoms with Gasteiger partial charge in [0.1, 0.15) is 28.9 Å². The normalized spacial score (nSPS) is 13.4. The van der Waals surface area contributed by atoms with Crippen molar-refractivity contribution in [3.63, 3.8) is 0 Å². The van der Waals surface area contributed by atoms with E-state index in [4.69, 9.17) is 26.3 Å². The number of amides is 2. The molecule has 0 spiro atoms. The number of carbonyl (C=O) groups is 2. The van der Waals surface area contributed by atoms with Gasteiger partial charge in [-0.1, -0.05) is 11.6 Å². The van der Waals surface area contributed by atoms with Gasteiger partial charge in [0.2, 0.25) is 17.8 Å². The summed E-state index contributed by atoms with van der Waals surface area (Å²) in [6.07, 6.45) is 1.75. The molecule has 1 aliphatic rings. The van der Waals surface area contributed by atoms with Crippen LogP contribution in [0.25, 0.3) is 10.9 Å². The third kappa shape index (κ3) is 6.24. The number of morpholine rings is 1. The highest BCUT2D eigenvalue weighted by atomic mass is 35.5. The molecule has 0 radical (unpaired) electrons. The highest BCUT2D eigenvalue weighted by Crippen LogP contribution is 2.33. The van der Waals surface area contributed by atoms with Crippen LogP contribution in [0.4, 0.5) is 23.3 Å². The number of benzene rings is 1. The molecule has 2 aromatic heterocycles. The van der Waals surface area contributed by atoms with E-state index in [0.717, 1.165) is 0 Å². The Kier molecular flexibility index (Phi) is 8.25. The molecule has 1 fully saturated rings. The first kappa shape index (κ1) is 25.3. The zero-order valence-electron chi connectivity index (χ0n) is 19.5. The molecule has 3 heterocycles. The molecule has 0 atom stereocenters. The van der Waals surface area contributed by atoms with Gasteiger partial charge in [0, 0.05) is 43.5 Å². The van der Waals surface area contributed by atoms with Gasteiger partial charge in [0.25, 0.3) is 0 Å². The van der Waals surface area contributed by atoms with Crippen molar-refractivity contribution in [1.29, 1.82) is 0 Å². The fraction of sp³-hybridized carbons (Fsp3) is 0.364. The Morgan fingerprint density at radius 3 is 2.67 bits per heavy atom. The van der Waals surface area contributed by atoms with Crippen molar-refractivity contribution in [3.05, 3.63) is 29.7 Å². The molecule has 13 nitrogen and oxygen atoms in total. The fourth-order valence-corrected chi connectivity index (χ4v) is 3.83. The van der Waals surface area contributed by atoms with E-state index >= 15 is 0 Å². The number of aromatic nitrogens is 4. The van der Waals surface area contributed by atoms with E-state index in [1.165, 1.54) is 13.4 Å². The molecule has 4 rings (SSSR count). The average Bonchev–Trinajstić information content (AvgIpc) is 2.88. The zero-order chi connectivity index (χ0) is 25.5. The van der Waals surface area contributed by atoms with Gasteiger partial charge in [-0.15, -0.1) is 0 Å². The van der Waals surface area contributed by atoms with Crippen molar-refractivity contribution in [1.82, 2.24) is 25.4 Å². The summed E-state index contributed by atoms with van der Waals surface area (Å²) in [5.41, 5.74) is 2.51. The largest absolute Gasteiger partial charge is 0.494 e. The number of hydrogen-bond acceptors (Lipinski definition) is 11. The number of methoxy groups -OCH3 is 1. The van der Waals surface area contributed by atoms with Crippen LogP contribution in [0.1, 0.15) is 19.3 Å². The minimum Gasteiger partial charge on any atom is -0.494 e. The molecule has 0 unspecified atom stereocenters. The Morgan fingerprint density at radius 1 is 1.14 bits per heavy atom. The molecule has 36 heavy (non-hydrogen) atoms. The van der Waals surface area contributed by atoms with Crippen LogP contribution in [0, 0.1) is 0 Å². The Hall–Kier alpha value is -3.81. The molecular weight excluding hydrogens is 492 g/mol. The summed E-state index contributed by atoms with van der Waals surface area (Å²) in [7, 11) is 1.48. The van der Waals surface area contributed by atoms with Gasteiger partial charge in [-0.25, -0.2) is 20.4 Å². The van der Waals surface area contributed by atoms with Crippen LogP contribution in [0.15, 0.2) is 24.5 Å². The molecule has 1 saturated heterocycles. The molecule has 2 amide bonds. The van der Waals surface area contributed by atoms with Gasteiger partial charge >= 0.3 is 0 Å².